The minimum atomic E-state index is -0.365. The molecule has 20 heavy (non-hydrogen) atoms. The molecule has 0 saturated carbocycles. The van der Waals surface area contributed by atoms with E-state index in [0.717, 1.165) is 12.2 Å². The number of aryl methyl sites for hydroxylation is 1. The van der Waals surface area contributed by atoms with E-state index in [9.17, 15) is 0 Å². The molecule has 0 aromatic heterocycles. The number of rotatable bonds is 8. The Morgan fingerprint density at radius 3 is 2.50 bits per heavy atom. The molecule has 1 aromatic carbocycles. The van der Waals surface area contributed by atoms with Crippen LogP contribution in [0.25, 0.3) is 0 Å². The van der Waals surface area contributed by atoms with Gasteiger partial charge in [-0.05, 0) is 37.0 Å². The number of amidine groups is 1. The number of ether oxygens (including phenoxy) is 1. The van der Waals surface area contributed by atoms with E-state index in [0.29, 0.717) is 13.0 Å². The van der Waals surface area contributed by atoms with E-state index in [4.69, 9.17) is 15.7 Å². The fraction of sp³-hybridized carbons (Fsp3) is 0.562. The maximum absolute atomic E-state index is 8.71. The molecule has 0 radical (unpaired) electrons. The van der Waals surface area contributed by atoms with Crippen LogP contribution in [0.4, 0.5) is 0 Å². The van der Waals surface area contributed by atoms with Crippen molar-refractivity contribution < 1.29 is 9.94 Å². The zero-order valence-corrected chi connectivity index (χ0v) is 12.7. The van der Waals surface area contributed by atoms with Gasteiger partial charge in [-0.1, -0.05) is 44.5 Å². The van der Waals surface area contributed by atoms with Crippen LogP contribution >= 0.6 is 0 Å². The molecule has 3 N–H and O–H groups in total. The molecule has 4 heteroatoms. The van der Waals surface area contributed by atoms with Gasteiger partial charge >= 0.3 is 0 Å². The van der Waals surface area contributed by atoms with Crippen molar-refractivity contribution in [2.75, 3.05) is 6.61 Å². The highest BCUT2D eigenvalue weighted by Gasteiger charge is 2.23. The van der Waals surface area contributed by atoms with Crippen LogP contribution in [0, 0.1) is 5.41 Å². The molecule has 0 aliphatic carbocycles. The van der Waals surface area contributed by atoms with Crippen LogP contribution in [0.5, 0.6) is 5.75 Å². The molecule has 0 fully saturated rings. The van der Waals surface area contributed by atoms with Gasteiger partial charge in [0.2, 0.25) is 0 Å². The molecule has 1 aromatic rings. The average molecular weight is 278 g/mol. The van der Waals surface area contributed by atoms with Crippen molar-refractivity contribution in [2.45, 2.75) is 46.5 Å². The van der Waals surface area contributed by atoms with Crippen LogP contribution in [0.1, 0.15) is 45.6 Å². The lowest BCUT2D eigenvalue weighted by molar-refractivity contribution is 0.259. The Morgan fingerprint density at radius 2 is 1.95 bits per heavy atom. The summed E-state index contributed by atoms with van der Waals surface area (Å²) in [7, 11) is 0. The van der Waals surface area contributed by atoms with Gasteiger partial charge in [-0.25, -0.2) is 0 Å². The summed E-state index contributed by atoms with van der Waals surface area (Å²) in [4.78, 5) is 0. The second kappa shape index (κ2) is 7.78. The number of unbranched alkanes of at least 4 members (excludes halogenated alkanes) is 1. The third-order valence-electron chi connectivity index (χ3n) is 3.54. The zero-order valence-electron chi connectivity index (χ0n) is 12.7. The fourth-order valence-electron chi connectivity index (χ4n) is 1.82. The van der Waals surface area contributed by atoms with Crippen LogP contribution in [-0.4, -0.2) is 17.6 Å². The number of benzene rings is 1. The topological polar surface area (TPSA) is 67.8 Å². The van der Waals surface area contributed by atoms with Crippen LogP contribution in [0.3, 0.4) is 0 Å². The van der Waals surface area contributed by atoms with Crippen molar-refractivity contribution >= 4 is 5.84 Å². The highest BCUT2D eigenvalue weighted by molar-refractivity contribution is 5.85. The molecule has 0 amide bonds. The van der Waals surface area contributed by atoms with E-state index in [1.54, 1.807) is 0 Å². The van der Waals surface area contributed by atoms with Crippen molar-refractivity contribution in [3.8, 4) is 5.75 Å². The highest BCUT2D eigenvalue weighted by Crippen LogP contribution is 2.21. The minimum Gasteiger partial charge on any atom is -0.494 e. The average Bonchev–Trinajstić information content (AvgIpc) is 2.45. The fourth-order valence-corrected chi connectivity index (χ4v) is 1.82. The largest absolute Gasteiger partial charge is 0.494 e. The van der Waals surface area contributed by atoms with E-state index in [2.05, 4.69) is 24.2 Å². The monoisotopic (exact) mass is 278 g/mol. The summed E-state index contributed by atoms with van der Waals surface area (Å²) < 4.78 is 5.70. The second-order valence-electron chi connectivity index (χ2n) is 5.72. The molecule has 112 valence electrons. The highest BCUT2D eigenvalue weighted by atomic mass is 16.5. The molecule has 0 bridgehead atoms. The summed E-state index contributed by atoms with van der Waals surface area (Å²) in [6.45, 7) is 6.59. The molecule has 0 heterocycles. The summed E-state index contributed by atoms with van der Waals surface area (Å²) in [6.07, 6.45) is 4.24. The normalized spacial score (nSPS) is 12.4. The first-order chi connectivity index (χ1) is 9.49. The van der Waals surface area contributed by atoms with E-state index in [-0.39, 0.29) is 11.3 Å². The van der Waals surface area contributed by atoms with Gasteiger partial charge in [0.25, 0.3) is 0 Å². The van der Waals surface area contributed by atoms with E-state index in [1.165, 1.54) is 18.4 Å². The summed E-state index contributed by atoms with van der Waals surface area (Å²) in [5, 5.41) is 11.8. The lowest BCUT2D eigenvalue weighted by Crippen LogP contribution is -2.33. The Balaban J connectivity index is 2.42. The van der Waals surface area contributed by atoms with Crippen LogP contribution in [0.2, 0.25) is 0 Å². The first-order valence-corrected chi connectivity index (χ1v) is 7.19. The zero-order chi connectivity index (χ0) is 15.0. The van der Waals surface area contributed by atoms with E-state index < -0.39 is 0 Å². The molecule has 0 aliphatic heterocycles. The van der Waals surface area contributed by atoms with Crippen molar-refractivity contribution in [1.29, 1.82) is 0 Å². The maximum atomic E-state index is 8.71. The van der Waals surface area contributed by atoms with Crippen molar-refractivity contribution in [2.24, 2.45) is 16.3 Å². The molecule has 0 aliphatic rings. The second-order valence-corrected chi connectivity index (χ2v) is 5.72. The Labute approximate surface area is 121 Å². The van der Waals surface area contributed by atoms with Gasteiger partial charge in [0.15, 0.2) is 0 Å². The number of hydrogen-bond acceptors (Lipinski definition) is 3. The summed E-state index contributed by atoms with van der Waals surface area (Å²) in [6, 6.07) is 8.22. The molecule has 4 nitrogen and oxygen atoms in total. The number of oxime groups is 1. The molecule has 0 unspecified atom stereocenters. The standard InChI is InChI=1S/C16H26N2O2/c1-4-5-6-13-7-9-14(10-8-13)20-12-11-16(2,3)15(17)18-19/h7-10,19H,4-6,11-12H2,1-3H3,(H2,17,18). The first kappa shape index (κ1) is 16.3. The molecule has 1 rings (SSSR count). The minimum absolute atomic E-state index is 0.232. The van der Waals surface area contributed by atoms with Gasteiger partial charge in [0.1, 0.15) is 11.6 Å². The van der Waals surface area contributed by atoms with Crippen LogP contribution in [-0.2, 0) is 6.42 Å². The van der Waals surface area contributed by atoms with Crippen molar-refractivity contribution in [3.05, 3.63) is 29.8 Å². The Kier molecular flexibility index (Phi) is 6.36. The predicted octanol–water partition coefficient (Wildman–Crippen LogP) is 3.57. The van der Waals surface area contributed by atoms with Gasteiger partial charge in [0, 0.05) is 5.41 Å². The number of hydrogen-bond donors (Lipinski definition) is 2. The van der Waals surface area contributed by atoms with E-state index in [1.807, 2.05) is 26.0 Å². The van der Waals surface area contributed by atoms with E-state index >= 15 is 0 Å². The maximum Gasteiger partial charge on any atom is 0.144 e. The Hall–Kier alpha value is -1.71. The van der Waals surface area contributed by atoms with Gasteiger partial charge in [-0.3, -0.25) is 0 Å². The van der Waals surface area contributed by atoms with Gasteiger partial charge in [-0.15, -0.1) is 0 Å². The summed E-state index contributed by atoms with van der Waals surface area (Å²) >= 11 is 0. The first-order valence-electron chi connectivity index (χ1n) is 7.19. The van der Waals surface area contributed by atoms with Gasteiger partial charge in [0.05, 0.1) is 6.61 Å². The van der Waals surface area contributed by atoms with Crippen LogP contribution in [0.15, 0.2) is 29.4 Å². The van der Waals surface area contributed by atoms with Crippen molar-refractivity contribution in [3.63, 3.8) is 0 Å². The smallest absolute Gasteiger partial charge is 0.144 e. The lowest BCUT2D eigenvalue weighted by atomic mass is 9.88. The van der Waals surface area contributed by atoms with Gasteiger partial charge in [-0.2, -0.15) is 0 Å². The molecular formula is C16H26N2O2. The number of nitrogens with two attached hydrogens (primary N) is 1. The number of nitrogens with zero attached hydrogens (tertiary/aromatic N) is 1. The molecular weight excluding hydrogens is 252 g/mol. The molecule has 0 spiro atoms. The molecule has 0 saturated heterocycles. The SMILES string of the molecule is CCCCc1ccc(OCCC(C)(C)/C(N)=N/O)cc1. The van der Waals surface area contributed by atoms with Gasteiger partial charge < -0.3 is 15.7 Å². The summed E-state index contributed by atoms with van der Waals surface area (Å²) in [5.41, 5.74) is 6.62. The Morgan fingerprint density at radius 1 is 1.30 bits per heavy atom. The quantitative estimate of drug-likeness (QED) is 0.330. The Bertz CT molecular complexity index is 425. The van der Waals surface area contributed by atoms with Crippen LogP contribution < -0.4 is 10.5 Å². The third kappa shape index (κ3) is 5.11. The molecule has 0 atom stereocenters. The lowest BCUT2D eigenvalue weighted by Gasteiger charge is -2.22. The summed E-state index contributed by atoms with van der Waals surface area (Å²) in [5.74, 6) is 1.09. The third-order valence-corrected chi connectivity index (χ3v) is 3.54. The van der Waals surface area contributed by atoms with Crippen molar-refractivity contribution in [1.82, 2.24) is 0 Å². The predicted molar refractivity (Wildman–Crippen MR) is 82.4 cm³/mol.